The van der Waals surface area contributed by atoms with E-state index >= 15 is 0 Å². The molecule has 102 valence electrons. The van der Waals surface area contributed by atoms with Gasteiger partial charge in [0.05, 0.1) is 29.9 Å². The SMILES string of the molecule is COC(=O)c1ccc(NC2CC2)c(N=C(N)CCl)c1. The quantitative estimate of drug-likeness (QED) is 0.376. The van der Waals surface area contributed by atoms with Crippen molar-refractivity contribution in [1.82, 2.24) is 0 Å². The van der Waals surface area contributed by atoms with Crippen LogP contribution < -0.4 is 11.1 Å². The summed E-state index contributed by atoms with van der Waals surface area (Å²) < 4.78 is 4.69. The van der Waals surface area contributed by atoms with Crippen LogP contribution in [0.25, 0.3) is 0 Å². The molecule has 0 heterocycles. The second kappa shape index (κ2) is 5.93. The van der Waals surface area contributed by atoms with E-state index in [1.54, 1.807) is 12.1 Å². The highest BCUT2D eigenvalue weighted by Gasteiger charge is 2.22. The smallest absolute Gasteiger partial charge is 0.337 e. The lowest BCUT2D eigenvalue weighted by Gasteiger charge is -2.10. The standard InChI is InChI=1S/C13H16ClN3O2/c1-19-13(18)8-2-5-10(16-9-3-4-9)11(6-8)17-12(15)7-14/h2,5-6,9,16H,3-4,7H2,1H3,(H2,15,17). The summed E-state index contributed by atoms with van der Waals surface area (Å²) in [5.74, 6) is 0.0482. The van der Waals surface area contributed by atoms with Crippen molar-refractivity contribution < 1.29 is 9.53 Å². The van der Waals surface area contributed by atoms with E-state index in [4.69, 9.17) is 22.1 Å². The van der Waals surface area contributed by atoms with Gasteiger partial charge in [-0.2, -0.15) is 0 Å². The molecule has 0 atom stereocenters. The van der Waals surface area contributed by atoms with Gasteiger partial charge < -0.3 is 15.8 Å². The maximum atomic E-state index is 11.5. The number of alkyl halides is 1. The Hall–Kier alpha value is -1.75. The van der Waals surface area contributed by atoms with E-state index in [9.17, 15) is 4.79 Å². The van der Waals surface area contributed by atoms with Crippen molar-refractivity contribution in [3.63, 3.8) is 0 Å². The lowest BCUT2D eigenvalue weighted by atomic mass is 10.1. The van der Waals surface area contributed by atoms with Gasteiger partial charge in [0.15, 0.2) is 0 Å². The highest BCUT2D eigenvalue weighted by Crippen LogP contribution is 2.32. The molecule has 0 unspecified atom stereocenters. The van der Waals surface area contributed by atoms with Gasteiger partial charge >= 0.3 is 5.97 Å². The maximum absolute atomic E-state index is 11.5. The second-order valence-corrected chi connectivity index (χ2v) is 4.65. The van der Waals surface area contributed by atoms with E-state index in [0.29, 0.717) is 23.1 Å². The number of hydrogen-bond acceptors (Lipinski definition) is 4. The first-order valence-corrected chi connectivity index (χ1v) is 6.55. The first-order valence-electron chi connectivity index (χ1n) is 6.02. The summed E-state index contributed by atoms with van der Waals surface area (Å²) in [5, 5.41) is 3.34. The molecule has 1 fully saturated rings. The Morgan fingerprint density at radius 1 is 1.58 bits per heavy atom. The molecule has 0 radical (unpaired) electrons. The van der Waals surface area contributed by atoms with Gasteiger partial charge in [-0.05, 0) is 31.0 Å². The van der Waals surface area contributed by atoms with Crippen LogP contribution in [0.5, 0.6) is 0 Å². The molecule has 19 heavy (non-hydrogen) atoms. The number of esters is 1. The molecule has 3 N–H and O–H groups in total. The number of carbonyl (C=O) groups is 1. The third kappa shape index (κ3) is 3.61. The number of hydrogen-bond donors (Lipinski definition) is 2. The fourth-order valence-corrected chi connectivity index (χ4v) is 1.68. The van der Waals surface area contributed by atoms with Crippen LogP contribution in [0.3, 0.4) is 0 Å². The summed E-state index contributed by atoms with van der Waals surface area (Å²) in [5.41, 5.74) is 7.54. The molecule has 0 bridgehead atoms. The van der Waals surface area contributed by atoms with Gasteiger partial charge in [0.1, 0.15) is 5.84 Å². The molecule has 6 heteroatoms. The molecule has 5 nitrogen and oxygen atoms in total. The molecular formula is C13H16ClN3O2. The molecule has 0 amide bonds. The van der Waals surface area contributed by atoms with Gasteiger partial charge in [-0.25, -0.2) is 9.79 Å². The lowest BCUT2D eigenvalue weighted by molar-refractivity contribution is 0.0601. The number of nitrogens with two attached hydrogens (primary N) is 1. The zero-order chi connectivity index (χ0) is 13.8. The topological polar surface area (TPSA) is 76.7 Å². The number of ether oxygens (including phenoxy) is 1. The van der Waals surface area contributed by atoms with Crippen molar-refractivity contribution in [2.45, 2.75) is 18.9 Å². The second-order valence-electron chi connectivity index (χ2n) is 4.38. The molecule has 0 saturated heterocycles. The van der Waals surface area contributed by atoms with Crippen LogP contribution in [0.1, 0.15) is 23.2 Å². The predicted octanol–water partition coefficient (Wildman–Crippen LogP) is 2.28. The first-order chi connectivity index (χ1) is 9.13. The molecule has 1 aliphatic carbocycles. The number of aliphatic imine (C=N–C) groups is 1. The largest absolute Gasteiger partial charge is 0.465 e. The number of benzene rings is 1. The average molecular weight is 282 g/mol. The third-order valence-corrected chi connectivity index (χ3v) is 3.03. The normalized spacial score (nSPS) is 15.2. The third-order valence-electron chi connectivity index (χ3n) is 2.76. The molecule has 1 aromatic carbocycles. The first kappa shape index (κ1) is 13.7. The number of carbonyl (C=O) groups excluding carboxylic acids is 1. The molecule has 0 aliphatic heterocycles. The van der Waals surface area contributed by atoms with E-state index in [0.717, 1.165) is 18.5 Å². The average Bonchev–Trinajstić information content (AvgIpc) is 3.23. The summed E-state index contributed by atoms with van der Waals surface area (Å²) in [6, 6.07) is 5.64. The monoisotopic (exact) mass is 281 g/mol. The summed E-state index contributed by atoms with van der Waals surface area (Å²) in [6.45, 7) is 0. The minimum Gasteiger partial charge on any atom is -0.465 e. The van der Waals surface area contributed by atoms with E-state index in [-0.39, 0.29) is 5.88 Å². The van der Waals surface area contributed by atoms with Crippen LogP contribution in [0.15, 0.2) is 23.2 Å². The molecule has 2 rings (SSSR count). The summed E-state index contributed by atoms with van der Waals surface area (Å²) in [6.07, 6.45) is 2.29. The van der Waals surface area contributed by atoms with Crippen LogP contribution in [0, 0.1) is 0 Å². The van der Waals surface area contributed by atoms with Crippen molar-refractivity contribution >= 4 is 34.8 Å². The number of nitrogens with one attached hydrogen (secondary N) is 1. The zero-order valence-corrected chi connectivity index (χ0v) is 11.4. The number of rotatable bonds is 5. The van der Waals surface area contributed by atoms with E-state index in [1.807, 2.05) is 6.07 Å². The number of nitrogens with zero attached hydrogens (tertiary/aromatic N) is 1. The molecule has 1 aromatic rings. The minimum atomic E-state index is -0.404. The highest BCUT2D eigenvalue weighted by molar-refractivity contribution is 6.28. The molecular weight excluding hydrogens is 266 g/mol. The zero-order valence-electron chi connectivity index (χ0n) is 10.6. The van der Waals surface area contributed by atoms with E-state index < -0.39 is 5.97 Å². The predicted molar refractivity (Wildman–Crippen MR) is 76.4 cm³/mol. The van der Waals surface area contributed by atoms with Crippen molar-refractivity contribution in [1.29, 1.82) is 0 Å². The van der Waals surface area contributed by atoms with Crippen LogP contribution in [0.4, 0.5) is 11.4 Å². The fourth-order valence-electron chi connectivity index (χ4n) is 1.62. The van der Waals surface area contributed by atoms with Crippen LogP contribution >= 0.6 is 11.6 Å². The van der Waals surface area contributed by atoms with Gasteiger partial charge in [0.2, 0.25) is 0 Å². The Bertz CT molecular complexity index is 513. The Morgan fingerprint density at radius 3 is 2.89 bits per heavy atom. The lowest BCUT2D eigenvalue weighted by Crippen LogP contribution is -2.13. The van der Waals surface area contributed by atoms with E-state index in [1.165, 1.54) is 7.11 Å². The van der Waals surface area contributed by atoms with Crippen molar-refractivity contribution in [3.8, 4) is 0 Å². The Morgan fingerprint density at radius 2 is 2.32 bits per heavy atom. The van der Waals surface area contributed by atoms with Crippen LogP contribution in [-0.2, 0) is 4.74 Å². The van der Waals surface area contributed by atoms with Gasteiger partial charge in [-0.1, -0.05) is 0 Å². The van der Waals surface area contributed by atoms with Crippen molar-refractivity contribution in [2.24, 2.45) is 10.7 Å². The summed E-state index contributed by atoms with van der Waals surface area (Å²) >= 11 is 5.63. The van der Waals surface area contributed by atoms with Crippen LogP contribution in [-0.4, -0.2) is 30.8 Å². The maximum Gasteiger partial charge on any atom is 0.337 e. The Balaban J connectivity index is 2.33. The molecule has 1 aliphatic rings. The van der Waals surface area contributed by atoms with Gasteiger partial charge in [0, 0.05) is 6.04 Å². The molecule has 0 spiro atoms. The van der Waals surface area contributed by atoms with Gasteiger partial charge in [0.25, 0.3) is 0 Å². The fraction of sp³-hybridized carbons (Fsp3) is 0.385. The highest BCUT2D eigenvalue weighted by atomic mass is 35.5. The Labute approximate surface area is 116 Å². The van der Waals surface area contributed by atoms with E-state index in [2.05, 4.69) is 10.3 Å². The number of amidine groups is 1. The molecule has 1 saturated carbocycles. The van der Waals surface area contributed by atoms with Crippen molar-refractivity contribution in [3.05, 3.63) is 23.8 Å². The Kier molecular flexibility index (Phi) is 4.27. The van der Waals surface area contributed by atoms with Crippen LogP contribution in [0.2, 0.25) is 0 Å². The van der Waals surface area contributed by atoms with Gasteiger partial charge in [-0.15, -0.1) is 11.6 Å². The van der Waals surface area contributed by atoms with Gasteiger partial charge in [-0.3, -0.25) is 0 Å². The number of methoxy groups -OCH3 is 1. The number of anilines is 1. The minimum absolute atomic E-state index is 0.144. The molecule has 0 aromatic heterocycles. The summed E-state index contributed by atoms with van der Waals surface area (Å²) in [7, 11) is 1.34. The summed E-state index contributed by atoms with van der Waals surface area (Å²) in [4.78, 5) is 15.7. The number of halogens is 1. The van der Waals surface area contributed by atoms with Crippen molar-refractivity contribution in [2.75, 3.05) is 18.3 Å².